The van der Waals surface area contributed by atoms with Crippen LogP contribution in [0.5, 0.6) is 0 Å². The maximum Gasteiger partial charge on any atom is 0.0594 e. The van der Waals surface area contributed by atoms with Gasteiger partial charge >= 0.3 is 0 Å². The smallest absolute Gasteiger partial charge is 0.0594 e. The monoisotopic (exact) mass is 440 g/mol. The molecule has 182 valence electrons. The van der Waals surface area contributed by atoms with Crippen LogP contribution in [0.4, 0.5) is 0 Å². The Morgan fingerprint density at radius 2 is 1.38 bits per heavy atom. The minimum atomic E-state index is -0.131. The molecule has 4 fully saturated rings. The number of hydrogen-bond acceptors (Lipinski definition) is 1. The fourth-order valence-corrected chi connectivity index (χ4v) is 11.2. The van der Waals surface area contributed by atoms with Crippen molar-refractivity contribution >= 4 is 0 Å². The summed E-state index contributed by atoms with van der Waals surface area (Å²) in [5, 5.41) is 10.9. The third kappa shape index (κ3) is 2.62. The Bertz CT molecular complexity index is 835. The zero-order valence-electron chi connectivity index (χ0n) is 22.8. The van der Waals surface area contributed by atoms with Gasteiger partial charge in [-0.3, -0.25) is 0 Å². The van der Waals surface area contributed by atoms with Crippen molar-refractivity contribution in [2.75, 3.05) is 0 Å². The van der Waals surface area contributed by atoms with Gasteiger partial charge in [0.25, 0.3) is 0 Å². The summed E-state index contributed by atoms with van der Waals surface area (Å²) in [6.45, 7) is 23.1. The number of aliphatic hydroxyl groups excluding tert-OH is 1. The van der Waals surface area contributed by atoms with Crippen LogP contribution in [-0.2, 0) is 0 Å². The Hall–Kier alpha value is -0.300. The highest BCUT2D eigenvalue weighted by molar-refractivity contribution is 5.37. The van der Waals surface area contributed by atoms with E-state index in [0.717, 1.165) is 12.3 Å². The minimum Gasteiger partial charge on any atom is -0.393 e. The molecule has 0 aromatic heterocycles. The fraction of sp³-hybridized carbons (Fsp3) is 0.935. The molecule has 0 aromatic rings. The molecule has 5 aliphatic rings. The van der Waals surface area contributed by atoms with E-state index in [0.29, 0.717) is 38.4 Å². The third-order valence-corrected chi connectivity index (χ3v) is 13.7. The van der Waals surface area contributed by atoms with E-state index in [1.165, 1.54) is 57.8 Å². The first-order valence-corrected chi connectivity index (χ1v) is 14.0. The van der Waals surface area contributed by atoms with Gasteiger partial charge in [0, 0.05) is 0 Å². The molecule has 0 saturated heterocycles. The molecule has 1 heteroatoms. The van der Waals surface area contributed by atoms with Gasteiger partial charge in [-0.25, -0.2) is 0 Å². The molecule has 1 N–H and O–H groups in total. The van der Waals surface area contributed by atoms with Crippen molar-refractivity contribution in [3.8, 4) is 0 Å². The van der Waals surface area contributed by atoms with Gasteiger partial charge in [-0.05, 0) is 114 Å². The lowest BCUT2D eigenvalue weighted by atomic mass is 9.31. The predicted molar refractivity (Wildman–Crippen MR) is 135 cm³/mol. The highest BCUT2D eigenvalue weighted by Crippen LogP contribution is 2.78. The van der Waals surface area contributed by atoms with Crippen LogP contribution in [0.2, 0.25) is 0 Å². The third-order valence-electron chi connectivity index (χ3n) is 13.7. The highest BCUT2D eigenvalue weighted by Gasteiger charge is 2.69. The maximum absolute atomic E-state index is 10.9. The van der Waals surface area contributed by atoms with Gasteiger partial charge in [0.15, 0.2) is 0 Å². The van der Waals surface area contributed by atoms with Crippen molar-refractivity contribution in [2.24, 2.45) is 49.7 Å². The van der Waals surface area contributed by atoms with Crippen molar-refractivity contribution in [3.05, 3.63) is 11.6 Å². The summed E-state index contributed by atoms with van der Waals surface area (Å²) in [5.74, 6) is 1.40. The van der Waals surface area contributed by atoms with Gasteiger partial charge in [-0.2, -0.15) is 0 Å². The van der Waals surface area contributed by atoms with Gasteiger partial charge in [0.1, 0.15) is 0 Å². The van der Waals surface area contributed by atoms with Crippen molar-refractivity contribution in [3.63, 3.8) is 0 Å². The predicted octanol–water partition coefficient (Wildman–Crippen LogP) is 8.56. The summed E-state index contributed by atoms with van der Waals surface area (Å²) in [7, 11) is 0. The van der Waals surface area contributed by atoms with Crippen LogP contribution in [0.25, 0.3) is 0 Å². The molecule has 0 heterocycles. The molecule has 0 aromatic carbocycles. The maximum atomic E-state index is 10.9. The zero-order valence-corrected chi connectivity index (χ0v) is 22.8. The molecule has 4 saturated carbocycles. The van der Waals surface area contributed by atoms with Crippen LogP contribution in [0.1, 0.15) is 127 Å². The van der Waals surface area contributed by atoms with Gasteiger partial charge in [0.05, 0.1) is 6.10 Å². The lowest BCUT2D eigenvalue weighted by molar-refractivity contribution is -0.208. The van der Waals surface area contributed by atoms with E-state index in [-0.39, 0.29) is 11.5 Å². The molecule has 0 unspecified atom stereocenters. The lowest BCUT2D eigenvalue weighted by Crippen LogP contribution is -2.65. The fourth-order valence-electron chi connectivity index (χ4n) is 11.2. The summed E-state index contributed by atoms with van der Waals surface area (Å²) in [6.07, 6.45) is 15.7. The molecular formula is C31H52O. The number of fused-ring (bicyclic) bond motifs is 7. The van der Waals surface area contributed by atoms with Crippen molar-refractivity contribution in [1.29, 1.82) is 0 Å². The molecule has 5 rings (SSSR count). The first kappa shape index (κ1) is 23.4. The average Bonchev–Trinajstić information content (AvgIpc) is 2.67. The van der Waals surface area contributed by atoms with Crippen LogP contribution in [-0.4, -0.2) is 11.2 Å². The standard InChI is InChI=1S/C31H52O/c1-25(2)16-17-27(5)18-19-30(8)23(31(27,9)20-25)11-10-22-28(6)14-13-24(32)26(3,4)21(28)12-15-29(22,30)7/h11,21-22,24,32H,10,12-20H2,1-9H3/t21-,22+,24-,27+,28-,29+,30+,31-/m0/s1. The van der Waals surface area contributed by atoms with Crippen LogP contribution >= 0.6 is 0 Å². The summed E-state index contributed by atoms with van der Waals surface area (Å²) in [5.41, 5.74) is 4.24. The van der Waals surface area contributed by atoms with E-state index < -0.39 is 0 Å². The van der Waals surface area contributed by atoms with Gasteiger partial charge in [-0.15, -0.1) is 0 Å². The molecule has 0 bridgehead atoms. The van der Waals surface area contributed by atoms with Gasteiger partial charge in [-0.1, -0.05) is 74.0 Å². The van der Waals surface area contributed by atoms with E-state index in [4.69, 9.17) is 0 Å². The van der Waals surface area contributed by atoms with Gasteiger partial charge < -0.3 is 5.11 Å². The number of hydrogen-bond donors (Lipinski definition) is 1. The molecule has 32 heavy (non-hydrogen) atoms. The Kier molecular flexibility index (Phi) is 4.74. The quantitative estimate of drug-likeness (QED) is 0.374. The second-order valence-electron chi connectivity index (χ2n) is 15.9. The summed E-state index contributed by atoms with van der Waals surface area (Å²) < 4.78 is 0. The lowest BCUT2D eigenvalue weighted by Gasteiger charge is -2.73. The molecule has 8 atom stereocenters. The summed E-state index contributed by atoms with van der Waals surface area (Å²) >= 11 is 0. The highest BCUT2D eigenvalue weighted by atomic mass is 16.3. The van der Waals surface area contributed by atoms with E-state index in [1.54, 1.807) is 0 Å². The van der Waals surface area contributed by atoms with Crippen molar-refractivity contribution in [2.45, 2.75) is 133 Å². The van der Waals surface area contributed by atoms with Crippen LogP contribution in [0.3, 0.4) is 0 Å². The van der Waals surface area contributed by atoms with Crippen LogP contribution in [0, 0.1) is 49.7 Å². The number of allylic oxidation sites excluding steroid dienone is 2. The zero-order chi connectivity index (χ0) is 23.6. The summed E-state index contributed by atoms with van der Waals surface area (Å²) in [6, 6.07) is 0. The van der Waals surface area contributed by atoms with E-state index in [1.807, 2.05) is 5.57 Å². The average molecular weight is 441 g/mol. The SMILES string of the molecule is CC1(C)CC[C@]2(C)CC[C@]3(C)C(=CC[C@@H]4[C@@]5(C)CC[C@H](O)C(C)(C)[C@@H]5CC[C@]43C)[C@]2(C)C1. The number of rotatable bonds is 0. The molecule has 0 amide bonds. The van der Waals surface area contributed by atoms with E-state index in [9.17, 15) is 5.11 Å². The van der Waals surface area contributed by atoms with Crippen molar-refractivity contribution in [1.82, 2.24) is 0 Å². The van der Waals surface area contributed by atoms with Crippen LogP contribution < -0.4 is 0 Å². The van der Waals surface area contributed by atoms with E-state index >= 15 is 0 Å². The Balaban J connectivity index is 1.61. The minimum absolute atomic E-state index is 0.0454. The first-order chi connectivity index (χ1) is 14.6. The van der Waals surface area contributed by atoms with E-state index in [2.05, 4.69) is 68.4 Å². The molecule has 0 radical (unpaired) electrons. The second-order valence-corrected chi connectivity index (χ2v) is 15.9. The van der Waals surface area contributed by atoms with Crippen LogP contribution in [0.15, 0.2) is 11.6 Å². The molecule has 1 nitrogen and oxygen atoms in total. The first-order valence-electron chi connectivity index (χ1n) is 14.0. The molecule has 5 aliphatic carbocycles. The number of aliphatic hydroxyl groups is 1. The van der Waals surface area contributed by atoms with Crippen molar-refractivity contribution < 1.29 is 5.11 Å². The molecule has 0 aliphatic heterocycles. The second kappa shape index (κ2) is 6.47. The Labute approximate surface area is 199 Å². The molecule has 0 spiro atoms. The largest absolute Gasteiger partial charge is 0.393 e. The summed E-state index contributed by atoms with van der Waals surface area (Å²) in [4.78, 5) is 0. The Morgan fingerprint density at radius 3 is 2.06 bits per heavy atom. The Morgan fingerprint density at radius 1 is 0.719 bits per heavy atom. The molecular weight excluding hydrogens is 388 g/mol. The normalized spacial score (nSPS) is 56.2. The van der Waals surface area contributed by atoms with Gasteiger partial charge in [0.2, 0.25) is 0 Å². The topological polar surface area (TPSA) is 20.2 Å².